The molecule has 0 aliphatic carbocycles. The lowest BCUT2D eigenvalue weighted by Gasteiger charge is -2.05. The van der Waals surface area contributed by atoms with Gasteiger partial charge in [-0.25, -0.2) is 22.3 Å². The molecule has 1 amide bonds. The first-order valence-corrected chi connectivity index (χ1v) is 7.10. The number of halogens is 2. The van der Waals surface area contributed by atoms with Gasteiger partial charge in [0, 0.05) is 18.0 Å². The van der Waals surface area contributed by atoms with Crippen LogP contribution in [0, 0.1) is 11.6 Å². The molecule has 3 N–H and O–H groups in total. The maximum absolute atomic E-state index is 13.0. The first-order valence-electron chi connectivity index (χ1n) is 5.56. The fourth-order valence-electron chi connectivity index (χ4n) is 1.50. The summed E-state index contributed by atoms with van der Waals surface area (Å²) < 4.78 is 48.8. The Bertz CT molecular complexity index is 789. The summed E-state index contributed by atoms with van der Waals surface area (Å²) in [6.07, 6.45) is 2.08. The van der Waals surface area contributed by atoms with E-state index in [0.717, 1.165) is 29.2 Å². The molecule has 1 aromatic carbocycles. The van der Waals surface area contributed by atoms with Crippen LogP contribution >= 0.6 is 0 Å². The molecule has 10 heteroatoms. The molecule has 2 aromatic rings. The van der Waals surface area contributed by atoms with E-state index in [4.69, 9.17) is 5.14 Å². The Morgan fingerprint density at radius 2 is 2.05 bits per heavy atom. The molecule has 0 fully saturated rings. The lowest BCUT2D eigenvalue weighted by Crippen LogP contribution is -2.19. The summed E-state index contributed by atoms with van der Waals surface area (Å²) in [6.45, 7) is -0.311. The predicted molar refractivity (Wildman–Crippen MR) is 68.6 cm³/mol. The summed E-state index contributed by atoms with van der Waals surface area (Å²) in [6, 6.07) is 2.89. The van der Waals surface area contributed by atoms with Crippen LogP contribution in [-0.2, 0) is 21.4 Å². The molecule has 0 aliphatic rings. The predicted octanol–water partition coefficient (Wildman–Crippen LogP) is 0.447. The first kappa shape index (κ1) is 15.1. The fourth-order valence-corrected chi connectivity index (χ4v) is 1.96. The number of benzene rings is 1. The lowest BCUT2D eigenvalue weighted by atomic mass is 10.3. The quantitative estimate of drug-likeness (QED) is 0.853. The van der Waals surface area contributed by atoms with Gasteiger partial charge >= 0.3 is 0 Å². The molecule has 0 spiro atoms. The zero-order valence-electron chi connectivity index (χ0n) is 10.5. The van der Waals surface area contributed by atoms with Gasteiger partial charge in [-0.1, -0.05) is 0 Å². The Morgan fingerprint density at radius 1 is 1.33 bits per heavy atom. The van der Waals surface area contributed by atoms with Crippen LogP contribution in [0.3, 0.4) is 0 Å². The number of hydrogen-bond donors (Lipinski definition) is 2. The van der Waals surface area contributed by atoms with E-state index in [1.54, 1.807) is 0 Å². The number of nitrogens with zero attached hydrogens (tertiary/aromatic N) is 2. The lowest BCUT2D eigenvalue weighted by molar-refractivity contribution is -0.116. The van der Waals surface area contributed by atoms with Crippen molar-refractivity contribution in [2.24, 2.45) is 5.14 Å². The van der Waals surface area contributed by atoms with Crippen molar-refractivity contribution in [1.29, 1.82) is 0 Å². The summed E-state index contributed by atoms with van der Waals surface area (Å²) in [5.74, 6) is -2.72. The molecule has 2 rings (SSSR count). The Labute approximate surface area is 118 Å². The second-order valence-corrected chi connectivity index (χ2v) is 5.66. The number of primary sulfonamides is 1. The molecule has 0 bridgehead atoms. The summed E-state index contributed by atoms with van der Waals surface area (Å²) in [5, 5.41) is 10.9. The summed E-state index contributed by atoms with van der Waals surface area (Å²) in [4.78, 5) is 11.4. The van der Waals surface area contributed by atoms with Crippen molar-refractivity contribution in [3.63, 3.8) is 0 Å². The van der Waals surface area contributed by atoms with E-state index < -0.39 is 27.6 Å². The molecule has 1 aromatic heterocycles. The van der Waals surface area contributed by atoms with Gasteiger partial charge in [0.15, 0.2) is 11.6 Å². The maximum Gasteiger partial charge on any atom is 0.246 e. The minimum atomic E-state index is -3.89. The maximum atomic E-state index is 13.0. The van der Waals surface area contributed by atoms with E-state index in [2.05, 4.69) is 10.4 Å². The van der Waals surface area contributed by atoms with Gasteiger partial charge in [-0.15, -0.1) is 0 Å². The standard InChI is InChI=1S/C11H10F2N4O3S/c12-9-2-1-7(3-10(9)13)16-11(18)6-17-5-8(4-15-17)21(14,19)20/h1-5H,6H2,(H,16,18)(H2,14,19,20). The second-order valence-electron chi connectivity index (χ2n) is 4.10. The van der Waals surface area contributed by atoms with Gasteiger partial charge in [0.25, 0.3) is 0 Å². The number of nitrogens with one attached hydrogen (secondary N) is 1. The highest BCUT2D eigenvalue weighted by atomic mass is 32.2. The summed E-state index contributed by atoms with van der Waals surface area (Å²) >= 11 is 0. The Morgan fingerprint density at radius 3 is 2.62 bits per heavy atom. The number of nitrogens with two attached hydrogens (primary N) is 1. The monoisotopic (exact) mass is 316 g/mol. The number of amides is 1. The first-order chi connectivity index (χ1) is 9.75. The molecule has 0 unspecified atom stereocenters. The minimum absolute atomic E-state index is 0.0673. The van der Waals surface area contributed by atoms with Crippen molar-refractivity contribution < 1.29 is 22.0 Å². The van der Waals surface area contributed by atoms with Gasteiger partial charge < -0.3 is 5.32 Å². The van der Waals surface area contributed by atoms with Crippen molar-refractivity contribution in [3.05, 3.63) is 42.2 Å². The number of anilines is 1. The molecular weight excluding hydrogens is 306 g/mol. The van der Waals surface area contributed by atoms with E-state index in [1.807, 2.05) is 0 Å². The van der Waals surface area contributed by atoms with Crippen LogP contribution in [0.2, 0.25) is 0 Å². The van der Waals surface area contributed by atoms with E-state index >= 15 is 0 Å². The molecule has 21 heavy (non-hydrogen) atoms. The molecule has 112 valence electrons. The molecule has 7 nitrogen and oxygen atoms in total. The number of sulfonamides is 1. The van der Waals surface area contributed by atoms with Crippen LogP contribution in [0.15, 0.2) is 35.5 Å². The molecule has 0 saturated carbocycles. The van der Waals surface area contributed by atoms with Gasteiger partial charge in [-0.05, 0) is 12.1 Å². The fraction of sp³-hybridized carbons (Fsp3) is 0.0909. The Kier molecular flexibility index (Phi) is 4.00. The normalized spacial score (nSPS) is 11.4. The zero-order valence-corrected chi connectivity index (χ0v) is 11.3. The molecule has 1 heterocycles. The summed E-state index contributed by atoms with van der Waals surface area (Å²) in [7, 11) is -3.89. The Hall–Kier alpha value is -2.33. The largest absolute Gasteiger partial charge is 0.324 e. The molecular formula is C11H10F2N4O3S. The second kappa shape index (κ2) is 5.58. The number of aromatic nitrogens is 2. The van der Waals surface area contributed by atoms with Gasteiger partial charge in [0.1, 0.15) is 11.4 Å². The highest BCUT2D eigenvalue weighted by Gasteiger charge is 2.12. The third-order valence-corrected chi connectivity index (χ3v) is 3.31. The van der Waals surface area contributed by atoms with E-state index in [-0.39, 0.29) is 17.1 Å². The molecule has 0 atom stereocenters. The number of carbonyl (C=O) groups excluding carboxylic acids is 1. The van der Waals surface area contributed by atoms with Crippen LogP contribution in [0.5, 0.6) is 0 Å². The van der Waals surface area contributed by atoms with Crippen LogP contribution in [0.1, 0.15) is 0 Å². The van der Waals surface area contributed by atoms with Gasteiger partial charge in [0.2, 0.25) is 15.9 Å². The topological polar surface area (TPSA) is 107 Å². The number of hydrogen-bond acceptors (Lipinski definition) is 4. The van der Waals surface area contributed by atoms with Gasteiger partial charge in [-0.3, -0.25) is 9.48 Å². The Balaban J connectivity index is 2.05. The average molecular weight is 316 g/mol. The van der Waals surface area contributed by atoms with Crippen LogP contribution in [-0.4, -0.2) is 24.1 Å². The third-order valence-electron chi connectivity index (χ3n) is 2.45. The van der Waals surface area contributed by atoms with Crippen molar-refractivity contribution in [2.75, 3.05) is 5.32 Å². The highest BCUT2D eigenvalue weighted by molar-refractivity contribution is 7.89. The SMILES string of the molecule is NS(=O)(=O)c1cnn(CC(=O)Nc2ccc(F)c(F)c2)c1. The van der Waals surface area contributed by atoms with Gasteiger partial charge in [-0.2, -0.15) is 5.10 Å². The van der Waals surface area contributed by atoms with Gasteiger partial charge in [0.05, 0.1) is 6.20 Å². The molecule has 0 aliphatic heterocycles. The highest BCUT2D eigenvalue weighted by Crippen LogP contribution is 2.13. The van der Waals surface area contributed by atoms with E-state index in [9.17, 15) is 22.0 Å². The van der Waals surface area contributed by atoms with E-state index in [0.29, 0.717) is 0 Å². The number of rotatable bonds is 4. The van der Waals surface area contributed by atoms with Crippen molar-refractivity contribution >= 4 is 21.6 Å². The zero-order chi connectivity index (χ0) is 15.6. The molecule has 0 saturated heterocycles. The van der Waals surface area contributed by atoms with Crippen LogP contribution < -0.4 is 10.5 Å². The minimum Gasteiger partial charge on any atom is -0.324 e. The van der Waals surface area contributed by atoms with Crippen molar-refractivity contribution in [2.45, 2.75) is 11.4 Å². The van der Waals surface area contributed by atoms with E-state index in [1.165, 1.54) is 6.07 Å². The third kappa shape index (κ3) is 3.83. The number of carbonyl (C=O) groups is 1. The smallest absolute Gasteiger partial charge is 0.246 e. The van der Waals surface area contributed by atoms with Crippen LogP contribution in [0.4, 0.5) is 14.5 Å². The average Bonchev–Trinajstić information content (AvgIpc) is 2.82. The molecule has 0 radical (unpaired) electrons. The summed E-state index contributed by atoms with van der Waals surface area (Å²) in [5.41, 5.74) is 0.0673. The van der Waals surface area contributed by atoms with Crippen molar-refractivity contribution in [1.82, 2.24) is 9.78 Å². The van der Waals surface area contributed by atoms with Crippen LogP contribution in [0.25, 0.3) is 0 Å². The van der Waals surface area contributed by atoms with Crippen molar-refractivity contribution in [3.8, 4) is 0 Å².